The number of fused-ring (bicyclic) bond motifs is 7. The average molecular weight is 669 g/mol. The van der Waals surface area contributed by atoms with Crippen LogP contribution in [0.4, 0.5) is 0 Å². The van der Waals surface area contributed by atoms with Gasteiger partial charge in [-0.3, -0.25) is 9.97 Å². The van der Waals surface area contributed by atoms with E-state index in [0.717, 1.165) is 61.5 Å². The van der Waals surface area contributed by atoms with Crippen LogP contribution in [0, 0.1) is 0 Å². The standard InChI is InChI=1S/C46H28N4S/c1-3-14-40-38(13-1)44-39(21-20-37-36-12-2-4-15-43(36)51-46(37)44)45(50-40)30-18-16-29(17-19-30)31-8-5-9-32(24-31)35-25-41(33-10-6-22-47-27-33)49-42(26-35)34-11-7-23-48-28-34/h1-28H. The number of aromatic nitrogens is 4. The monoisotopic (exact) mass is 668 g/mol. The van der Waals surface area contributed by atoms with E-state index >= 15 is 0 Å². The molecule has 0 aliphatic heterocycles. The molecule has 0 bridgehead atoms. The van der Waals surface area contributed by atoms with Crippen LogP contribution in [0.5, 0.6) is 0 Å². The molecule has 0 amide bonds. The highest BCUT2D eigenvalue weighted by Crippen LogP contribution is 2.43. The minimum Gasteiger partial charge on any atom is -0.264 e. The lowest BCUT2D eigenvalue weighted by atomic mass is 9.95. The van der Waals surface area contributed by atoms with Gasteiger partial charge in [0.2, 0.25) is 0 Å². The third-order valence-electron chi connectivity index (χ3n) is 9.64. The van der Waals surface area contributed by atoms with Crippen LogP contribution in [0.3, 0.4) is 0 Å². The van der Waals surface area contributed by atoms with E-state index in [2.05, 4.69) is 131 Å². The second-order valence-corrected chi connectivity index (χ2v) is 13.8. The number of pyridine rings is 4. The second-order valence-electron chi connectivity index (χ2n) is 12.7. The van der Waals surface area contributed by atoms with Gasteiger partial charge < -0.3 is 0 Å². The summed E-state index contributed by atoms with van der Waals surface area (Å²) in [6.45, 7) is 0. The first-order chi connectivity index (χ1) is 25.3. The summed E-state index contributed by atoms with van der Waals surface area (Å²) in [6.07, 6.45) is 7.28. The van der Waals surface area contributed by atoms with Crippen molar-refractivity contribution in [3.63, 3.8) is 0 Å². The molecule has 0 spiro atoms. The molecular formula is C46H28N4S. The molecule has 0 aliphatic carbocycles. The molecule has 5 aromatic heterocycles. The minimum atomic E-state index is 0.872. The molecule has 0 saturated heterocycles. The summed E-state index contributed by atoms with van der Waals surface area (Å²) in [7, 11) is 0. The van der Waals surface area contributed by atoms with Crippen LogP contribution in [-0.4, -0.2) is 19.9 Å². The topological polar surface area (TPSA) is 51.6 Å². The maximum atomic E-state index is 5.25. The van der Waals surface area contributed by atoms with Crippen molar-refractivity contribution in [3.8, 4) is 56.0 Å². The zero-order valence-corrected chi connectivity index (χ0v) is 28.2. The van der Waals surface area contributed by atoms with E-state index in [1.165, 1.54) is 36.3 Å². The number of hydrogen-bond donors (Lipinski definition) is 0. The van der Waals surface area contributed by atoms with E-state index < -0.39 is 0 Å². The Kier molecular flexibility index (Phi) is 6.96. The largest absolute Gasteiger partial charge is 0.264 e. The fourth-order valence-corrected chi connectivity index (χ4v) is 8.42. The maximum absolute atomic E-state index is 5.25. The van der Waals surface area contributed by atoms with E-state index in [1.54, 1.807) is 12.4 Å². The first-order valence-corrected chi connectivity index (χ1v) is 17.8. The lowest BCUT2D eigenvalue weighted by molar-refractivity contribution is 1.26. The summed E-state index contributed by atoms with van der Waals surface area (Å²) in [4.78, 5) is 18.9. The summed E-state index contributed by atoms with van der Waals surface area (Å²) in [5.41, 5.74) is 11.3. The molecule has 0 atom stereocenters. The van der Waals surface area contributed by atoms with Crippen molar-refractivity contribution >= 4 is 53.2 Å². The van der Waals surface area contributed by atoms with Crippen molar-refractivity contribution in [2.45, 2.75) is 0 Å². The Morgan fingerprint density at radius 1 is 0.392 bits per heavy atom. The molecule has 5 heteroatoms. The van der Waals surface area contributed by atoms with Crippen LogP contribution in [0.25, 0.3) is 97.9 Å². The van der Waals surface area contributed by atoms with Crippen LogP contribution >= 0.6 is 11.3 Å². The lowest BCUT2D eigenvalue weighted by Gasteiger charge is -2.13. The number of rotatable bonds is 5. The summed E-state index contributed by atoms with van der Waals surface area (Å²) in [6, 6.07) is 51.6. The maximum Gasteiger partial charge on any atom is 0.0788 e. The van der Waals surface area contributed by atoms with Crippen LogP contribution in [0.15, 0.2) is 170 Å². The normalized spacial score (nSPS) is 11.5. The summed E-state index contributed by atoms with van der Waals surface area (Å²) in [5.74, 6) is 0. The Bertz CT molecular complexity index is 2840. The highest BCUT2D eigenvalue weighted by molar-refractivity contribution is 7.26. The molecule has 0 saturated carbocycles. The van der Waals surface area contributed by atoms with Gasteiger partial charge >= 0.3 is 0 Å². The number of hydrogen-bond acceptors (Lipinski definition) is 5. The zero-order chi connectivity index (χ0) is 33.7. The number of nitrogens with zero attached hydrogens (tertiary/aromatic N) is 4. The molecule has 0 aliphatic rings. The van der Waals surface area contributed by atoms with E-state index in [-0.39, 0.29) is 0 Å². The molecule has 10 aromatic rings. The van der Waals surface area contributed by atoms with Crippen molar-refractivity contribution in [3.05, 3.63) is 170 Å². The number of para-hydroxylation sites is 1. The van der Waals surface area contributed by atoms with Crippen molar-refractivity contribution in [1.82, 2.24) is 19.9 Å². The van der Waals surface area contributed by atoms with Gasteiger partial charge in [0.25, 0.3) is 0 Å². The first kappa shape index (κ1) is 29.4. The fourth-order valence-electron chi connectivity index (χ4n) is 7.16. The van der Waals surface area contributed by atoms with Gasteiger partial charge in [0.15, 0.2) is 0 Å². The molecule has 0 radical (unpaired) electrons. The fraction of sp³-hybridized carbons (Fsp3) is 0. The van der Waals surface area contributed by atoms with Gasteiger partial charge in [-0.15, -0.1) is 11.3 Å². The molecule has 0 fully saturated rings. The van der Waals surface area contributed by atoms with Crippen LogP contribution in [0.2, 0.25) is 0 Å². The molecule has 5 heterocycles. The summed E-state index contributed by atoms with van der Waals surface area (Å²) in [5, 5.41) is 6.25. The summed E-state index contributed by atoms with van der Waals surface area (Å²) >= 11 is 1.87. The van der Waals surface area contributed by atoms with Gasteiger partial charge in [0.1, 0.15) is 0 Å². The summed E-state index contributed by atoms with van der Waals surface area (Å²) < 4.78 is 2.62. The van der Waals surface area contributed by atoms with Gasteiger partial charge in [-0.05, 0) is 76.9 Å². The Morgan fingerprint density at radius 2 is 1.02 bits per heavy atom. The second kappa shape index (κ2) is 12.1. The number of benzene rings is 5. The highest BCUT2D eigenvalue weighted by atomic mass is 32.1. The Balaban J connectivity index is 1.07. The van der Waals surface area contributed by atoms with Gasteiger partial charge in [-0.2, -0.15) is 0 Å². The SMILES string of the molecule is c1cc(-c2ccc(-c3nc4ccccc4c4c3ccc3c5ccccc5sc34)cc2)cc(-c2cc(-c3cccnc3)nc(-c3cccnc3)c2)c1. The van der Waals surface area contributed by atoms with Crippen molar-refractivity contribution in [1.29, 1.82) is 0 Å². The predicted molar refractivity (Wildman–Crippen MR) is 213 cm³/mol. The zero-order valence-electron chi connectivity index (χ0n) is 27.4. The minimum absolute atomic E-state index is 0.872. The van der Waals surface area contributed by atoms with E-state index in [4.69, 9.17) is 9.97 Å². The van der Waals surface area contributed by atoms with Crippen LogP contribution in [0.1, 0.15) is 0 Å². The average Bonchev–Trinajstić information content (AvgIpc) is 3.60. The first-order valence-electron chi connectivity index (χ1n) is 16.9. The molecule has 0 unspecified atom stereocenters. The molecule has 51 heavy (non-hydrogen) atoms. The van der Waals surface area contributed by atoms with Crippen LogP contribution in [-0.2, 0) is 0 Å². The Labute approximate surface area is 298 Å². The third kappa shape index (κ3) is 5.14. The van der Waals surface area contributed by atoms with Crippen LogP contribution < -0.4 is 0 Å². The molecule has 10 rings (SSSR count). The van der Waals surface area contributed by atoms with Crippen molar-refractivity contribution < 1.29 is 0 Å². The molecule has 5 aromatic carbocycles. The highest BCUT2D eigenvalue weighted by Gasteiger charge is 2.16. The smallest absolute Gasteiger partial charge is 0.0788 e. The van der Waals surface area contributed by atoms with Gasteiger partial charge in [0.05, 0.1) is 22.6 Å². The predicted octanol–water partition coefficient (Wildman–Crippen LogP) is 12.3. The van der Waals surface area contributed by atoms with Crippen molar-refractivity contribution in [2.24, 2.45) is 0 Å². The third-order valence-corrected chi connectivity index (χ3v) is 10.8. The van der Waals surface area contributed by atoms with Crippen molar-refractivity contribution in [2.75, 3.05) is 0 Å². The van der Waals surface area contributed by atoms with Gasteiger partial charge in [-0.1, -0.05) is 91.0 Å². The van der Waals surface area contributed by atoms with E-state index in [0.29, 0.717) is 0 Å². The Hall–Kier alpha value is -6.56. The van der Waals surface area contributed by atoms with E-state index in [1.807, 2.05) is 48.0 Å². The molecule has 4 nitrogen and oxygen atoms in total. The lowest BCUT2D eigenvalue weighted by Crippen LogP contribution is -1.92. The number of thiophene rings is 1. The molecule has 238 valence electrons. The Morgan fingerprint density at radius 3 is 1.75 bits per heavy atom. The molecule has 0 N–H and O–H groups in total. The van der Waals surface area contributed by atoms with E-state index in [9.17, 15) is 0 Å². The quantitative estimate of drug-likeness (QED) is 0.171. The van der Waals surface area contributed by atoms with Gasteiger partial charge in [0, 0.05) is 77.8 Å². The van der Waals surface area contributed by atoms with Gasteiger partial charge in [-0.25, -0.2) is 9.97 Å². The molecular weight excluding hydrogens is 641 g/mol.